The zero-order valence-corrected chi connectivity index (χ0v) is 20.8. The second kappa shape index (κ2) is 11.6. The first-order valence-electron chi connectivity index (χ1n) is 12.0. The Bertz CT molecular complexity index is 1080. The highest BCUT2D eigenvalue weighted by atomic mass is 32.1. The average molecular weight is 482 g/mol. The molecular formula is C27H35N3O3S+2. The van der Waals surface area contributed by atoms with Gasteiger partial charge in [-0.15, -0.1) is 11.3 Å². The quantitative estimate of drug-likeness (QED) is 0.374. The van der Waals surface area contributed by atoms with Gasteiger partial charge >= 0.3 is 0 Å². The number of nitrogens with one attached hydrogen (secondary N) is 3. The molecule has 34 heavy (non-hydrogen) atoms. The second-order valence-corrected chi connectivity index (χ2v) is 9.90. The molecule has 4 N–H and O–H groups in total. The molecule has 3 aromatic rings. The van der Waals surface area contributed by atoms with Crippen LogP contribution in [0, 0.1) is 0 Å². The van der Waals surface area contributed by atoms with Crippen molar-refractivity contribution in [2.24, 2.45) is 0 Å². The Kier molecular flexibility index (Phi) is 8.34. The van der Waals surface area contributed by atoms with Gasteiger partial charge in [0.1, 0.15) is 49.5 Å². The van der Waals surface area contributed by atoms with Crippen molar-refractivity contribution < 1.29 is 24.4 Å². The summed E-state index contributed by atoms with van der Waals surface area (Å²) in [5.41, 5.74) is 3.02. The molecule has 1 atom stereocenters. The summed E-state index contributed by atoms with van der Waals surface area (Å²) >= 11 is 1.67. The molecule has 1 saturated heterocycles. The van der Waals surface area contributed by atoms with Gasteiger partial charge in [-0.1, -0.05) is 37.3 Å². The number of ether oxygens (including phenoxy) is 1. The number of piperazine rings is 1. The fourth-order valence-corrected chi connectivity index (χ4v) is 5.82. The van der Waals surface area contributed by atoms with Gasteiger partial charge in [-0.2, -0.15) is 0 Å². The van der Waals surface area contributed by atoms with E-state index in [1.54, 1.807) is 18.4 Å². The number of aliphatic hydroxyl groups is 1. The summed E-state index contributed by atoms with van der Waals surface area (Å²) in [5, 5.41) is 13.5. The van der Waals surface area contributed by atoms with Gasteiger partial charge in [-0.3, -0.25) is 4.79 Å². The molecule has 1 aliphatic rings. The summed E-state index contributed by atoms with van der Waals surface area (Å²) in [7, 11) is 1.70. The Labute approximate surface area is 205 Å². The molecule has 6 nitrogen and oxygen atoms in total. The van der Waals surface area contributed by atoms with Gasteiger partial charge in [0.2, 0.25) is 0 Å². The van der Waals surface area contributed by atoms with E-state index in [1.165, 1.54) is 25.8 Å². The SMILES string of the molecule is CCc1cc(C(c2cccc(OC)c2)[NH+]2CC[NH+](CCO)CC2)c(NC(=O)c2ccccc2)s1. The Morgan fingerprint density at radius 2 is 1.85 bits per heavy atom. The highest BCUT2D eigenvalue weighted by molar-refractivity contribution is 7.16. The zero-order chi connectivity index (χ0) is 23.9. The van der Waals surface area contributed by atoms with Gasteiger partial charge in [-0.25, -0.2) is 0 Å². The van der Waals surface area contributed by atoms with Crippen LogP contribution in [0.4, 0.5) is 5.00 Å². The lowest BCUT2D eigenvalue weighted by atomic mass is 9.97. The van der Waals surface area contributed by atoms with Crippen LogP contribution in [-0.2, 0) is 6.42 Å². The molecule has 7 heteroatoms. The van der Waals surface area contributed by atoms with Crippen LogP contribution in [0.25, 0.3) is 0 Å². The summed E-state index contributed by atoms with van der Waals surface area (Å²) in [5.74, 6) is 0.759. The van der Waals surface area contributed by atoms with Crippen LogP contribution in [0.1, 0.15) is 39.3 Å². The summed E-state index contributed by atoms with van der Waals surface area (Å²) in [6, 6.07) is 20.1. The number of aryl methyl sites for hydroxylation is 1. The number of anilines is 1. The minimum Gasteiger partial charge on any atom is -0.497 e. The molecule has 1 unspecified atom stereocenters. The van der Waals surface area contributed by atoms with E-state index < -0.39 is 0 Å². The van der Waals surface area contributed by atoms with Crippen LogP contribution >= 0.6 is 11.3 Å². The van der Waals surface area contributed by atoms with E-state index in [2.05, 4.69) is 30.4 Å². The van der Waals surface area contributed by atoms with Crippen molar-refractivity contribution in [3.63, 3.8) is 0 Å². The van der Waals surface area contributed by atoms with Crippen LogP contribution < -0.4 is 19.9 Å². The van der Waals surface area contributed by atoms with Crippen LogP contribution in [0.2, 0.25) is 0 Å². The lowest BCUT2D eigenvalue weighted by Gasteiger charge is -2.35. The van der Waals surface area contributed by atoms with E-state index >= 15 is 0 Å². The smallest absolute Gasteiger partial charge is 0.256 e. The van der Waals surface area contributed by atoms with Crippen molar-refractivity contribution >= 4 is 22.2 Å². The fraction of sp³-hybridized carbons (Fsp3) is 0.370. The lowest BCUT2D eigenvalue weighted by Crippen LogP contribution is -3.28. The minimum atomic E-state index is -0.0806. The molecule has 1 amide bonds. The van der Waals surface area contributed by atoms with E-state index in [1.807, 2.05) is 42.5 Å². The van der Waals surface area contributed by atoms with Gasteiger partial charge in [-0.05, 0) is 36.8 Å². The predicted molar refractivity (Wildman–Crippen MR) is 136 cm³/mol. The summed E-state index contributed by atoms with van der Waals surface area (Å²) < 4.78 is 5.55. The largest absolute Gasteiger partial charge is 0.497 e. The van der Waals surface area contributed by atoms with Crippen molar-refractivity contribution in [3.8, 4) is 5.75 Å². The number of rotatable bonds is 9. The zero-order valence-electron chi connectivity index (χ0n) is 20.0. The molecule has 4 rings (SSSR count). The van der Waals surface area contributed by atoms with Gasteiger partial charge < -0.3 is 25.0 Å². The highest BCUT2D eigenvalue weighted by Crippen LogP contribution is 2.36. The van der Waals surface area contributed by atoms with Crippen LogP contribution in [0.3, 0.4) is 0 Å². The van der Waals surface area contributed by atoms with Gasteiger partial charge in [0.25, 0.3) is 5.91 Å². The number of amides is 1. The minimum absolute atomic E-state index is 0.0806. The molecular weight excluding hydrogens is 446 g/mol. The maximum Gasteiger partial charge on any atom is 0.256 e. The van der Waals surface area contributed by atoms with Gasteiger partial charge in [0.05, 0.1) is 13.7 Å². The van der Waals surface area contributed by atoms with Crippen molar-refractivity contribution in [1.82, 2.24) is 0 Å². The standard InChI is InChI=1S/C27H33N3O3S/c1-3-23-19-24(27(34-23)28-26(32)20-8-5-4-6-9-20)25(21-10-7-11-22(18-21)33-2)30-14-12-29(13-15-30)16-17-31/h4-11,18-19,25,31H,3,12-17H2,1-2H3,(H,28,32)/p+2. The van der Waals surface area contributed by atoms with E-state index in [0.29, 0.717) is 5.56 Å². The Morgan fingerprint density at radius 3 is 2.53 bits per heavy atom. The van der Waals surface area contributed by atoms with Crippen LogP contribution in [0.5, 0.6) is 5.75 Å². The summed E-state index contributed by atoms with van der Waals surface area (Å²) in [6.45, 7) is 7.22. The second-order valence-electron chi connectivity index (χ2n) is 8.76. The maximum absolute atomic E-state index is 13.1. The van der Waals surface area contributed by atoms with Gasteiger partial charge in [0.15, 0.2) is 0 Å². The molecule has 2 heterocycles. The van der Waals surface area contributed by atoms with Crippen molar-refractivity contribution in [2.75, 3.05) is 51.8 Å². The van der Waals surface area contributed by atoms with Gasteiger partial charge in [0, 0.05) is 21.6 Å². The van der Waals surface area contributed by atoms with Crippen LogP contribution in [0.15, 0.2) is 60.7 Å². The van der Waals surface area contributed by atoms with E-state index in [9.17, 15) is 9.90 Å². The first-order valence-corrected chi connectivity index (χ1v) is 12.9. The average Bonchev–Trinajstić information content (AvgIpc) is 3.28. The Morgan fingerprint density at radius 1 is 1.09 bits per heavy atom. The molecule has 0 bridgehead atoms. The topological polar surface area (TPSA) is 67.4 Å². The molecule has 180 valence electrons. The number of carbonyl (C=O) groups is 1. The first-order chi connectivity index (χ1) is 16.6. The van der Waals surface area contributed by atoms with Crippen molar-refractivity contribution in [3.05, 3.63) is 82.2 Å². The highest BCUT2D eigenvalue weighted by Gasteiger charge is 2.34. The number of quaternary nitrogens is 2. The van der Waals surface area contributed by atoms with E-state index in [0.717, 1.165) is 49.9 Å². The molecule has 0 radical (unpaired) electrons. The monoisotopic (exact) mass is 481 g/mol. The third-order valence-electron chi connectivity index (χ3n) is 6.63. The fourth-order valence-electron chi connectivity index (χ4n) is 4.79. The Balaban J connectivity index is 1.70. The number of benzene rings is 2. The van der Waals surface area contributed by atoms with E-state index in [-0.39, 0.29) is 18.6 Å². The normalized spacial score (nSPS) is 18.9. The molecule has 2 aromatic carbocycles. The third kappa shape index (κ3) is 5.67. The molecule has 0 spiro atoms. The van der Waals surface area contributed by atoms with Crippen LogP contribution in [-0.4, -0.2) is 57.5 Å². The lowest BCUT2D eigenvalue weighted by molar-refractivity contribution is -1.02. The van der Waals surface area contributed by atoms with E-state index in [4.69, 9.17) is 4.74 Å². The molecule has 1 fully saturated rings. The number of aliphatic hydroxyl groups excluding tert-OH is 1. The molecule has 1 aliphatic heterocycles. The molecule has 0 saturated carbocycles. The number of hydrogen-bond acceptors (Lipinski definition) is 4. The Hall–Kier alpha value is -2.71. The predicted octanol–water partition coefficient (Wildman–Crippen LogP) is 1.44. The first kappa shape index (κ1) is 24.4. The summed E-state index contributed by atoms with van der Waals surface area (Å²) in [6.07, 6.45) is 0.924. The molecule has 0 aliphatic carbocycles. The van der Waals surface area contributed by atoms with Crippen molar-refractivity contribution in [2.45, 2.75) is 19.4 Å². The number of thiophene rings is 1. The number of methoxy groups -OCH3 is 1. The summed E-state index contributed by atoms with van der Waals surface area (Å²) in [4.78, 5) is 17.2. The van der Waals surface area contributed by atoms with Crippen molar-refractivity contribution in [1.29, 1.82) is 0 Å². The maximum atomic E-state index is 13.1. The third-order valence-corrected chi connectivity index (χ3v) is 7.85. The number of hydrogen-bond donors (Lipinski definition) is 4. The molecule has 1 aromatic heterocycles. The number of carbonyl (C=O) groups excluding carboxylic acids is 1.